The van der Waals surface area contributed by atoms with E-state index >= 15 is 0 Å². The molecule has 1 aromatic carbocycles. The second-order valence-corrected chi connectivity index (χ2v) is 4.95. The van der Waals surface area contributed by atoms with E-state index in [-0.39, 0.29) is 11.9 Å². The van der Waals surface area contributed by atoms with E-state index in [4.69, 9.17) is 4.74 Å². The molecule has 1 N–H and O–H groups in total. The summed E-state index contributed by atoms with van der Waals surface area (Å²) in [5.74, 6) is 0.735. The Balaban J connectivity index is 2.76. The number of nitrogens with one attached hydrogen (secondary N) is 1. The fraction of sp³-hybridized carbons (Fsp3) is 0.533. The maximum atomic E-state index is 11.9. The van der Waals surface area contributed by atoms with Crippen molar-refractivity contribution in [2.75, 3.05) is 0 Å². The summed E-state index contributed by atoms with van der Waals surface area (Å²) in [5, 5.41) is 2.88. The highest BCUT2D eigenvalue weighted by Crippen LogP contribution is 2.20. The Kier molecular flexibility index (Phi) is 5.20. The normalized spacial score (nSPS) is 12.3. The van der Waals surface area contributed by atoms with E-state index in [0.29, 0.717) is 6.42 Å². The molecule has 0 saturated carbocycles. The van der Waals surface area contributed by atoms with Gasteiger partial charge < -0.3 is 10.1 Å². The van der Waals surface area contributed by atoms with Gasteiger partial charge in [0.05, 0.1) is 0 Å². The molecule has 0 aromatic heterocycles. The number of benzene rings is 1. The molecule has 0 aliphatic carbocycles. The first kappa shape index (κ1) is 14.6. The van der Waals surface area contributed by atoms with Crippen LogP contribution in [0.25, 0.3) is 0 Å². The van der Waals surface area contributed by atoms with Crippen LogP contribution in [0.15, 0.2) is 18.2 Å². The molecule has 0 spiro atoms. The third kappa shape index (κ3) is 4.06. The van der Waals surface area contributed by atoms with Crippen LogP contribution in [0.5, 0.6) is 5.75 Å². The van der Waals surface area contributed by atoms with Gasteiger partial charge in [-0.2, -0.15) is 0 Å². The topological polar surface area (TPSA) is 38.3 Å². The van der Waals surface area contributed by atoms with Crippen LogP contribution in [-0.4, -0.2) is 18.1 Å². The van der Waals surface area contributed by atoms with Crippen molar-refractivity contribution in [3.8, 4) is 5.75 Å². The highest BCUT2D eigenvalue weighted by Gasteiger charge is 2.19. The zero-order valence-corrected chi connectivity index (χ0v) is 11.9. The highest BCUT2D eigenvalue weighted by atomic mass is 16.5. The molecule has 0 heterocycles. The summed E-state index contributed by atoms with van der Waals surface area (Å²) in [5.41, 5.74) is 2.25. The molecule has 0 aliphatic heterocycles. The maximum absolute atomic E-state index is 11.9. The zero-order chi connectivity index (χ0) is 13.7. The lowest BCUT2D eigenvalue weighted by Crippen LogP contribution is -2.41. The molecule has 0 radical (unpaired) electrons. The van der Waals surface area contributed by atoms with E-state index in [1.807, 2.05) is 46.8 Å². The van der Waals surface area contributed by atoms with Gasteiger partial charge in [-0.25, -0.2) is 0 Å². The van der Waals surface area contributed by atoms with Crippen molar-refractivity contribution in [1.29, 1.82) is 0 Å². The number of aryl methyl sites for hydroxylation is 2. The Morgan fingerprint density at radius 3 is 2.50 bits per heavy atom. The van der Waals surface area contributed by atoms with Gasteiger partial charge >= 0.3 is 0 Å². The Labute approximate surface area is 110 Å². The van der Waals surface area contributed by atoms with Crippen LogP contribution >= 0.6 is 0 Å². The first-order chi connectivity index (χ1) is 8.43. The molecule has 100 valence electrons. The summed E-state index contributed by atoms with van der Waals surface area (Å²) in [6.07, 6.45) is 0.236. The van der Waals surface area contributed by atoms with Crippen LogP contribution in [0.3, 0.4) is 0 Å². The van der Waals surface area contributed by atoms with Gasteiger partial charge in [0.1, 0.15) is 5.75 Å². The molecule has 1 atom stereocenters. The van der Waals surface area contributed by atoms with E-state index in [9.17, 15) is 4.79 Å². The third-order valence-electron chi connectivity index (χ3n) is 2.69. The molecular weight excluding hydrogens is 226 g/mol. The van der Waals surface area contributed by atoms with Crippen molar-refractivity contribution in [1.82, 2.24) is 5.32 Å². The highest BCUT2D eigenvalue weighted by molar-refractivity contribution is 5.81. The molecule has 18 heavy (non-hydrogen) atoms. The van der Waals surface area contributed by atoms with Crippen molar-refractivity contribution in [3.63, 3.8) is 0 Å². The van der Waals surface area contributed by atoms with Gasteiger partial charge in [0.2, 0.25) is 0 Å². The Morgan fingerprint density at radius 2 is 2.00 bits per heavy atom. The fourth-order valence-corrected chi connectivity index (χ4v) is 1.78. The van der Waals surface area contributed by atoms with Gasteiger partial charge in [-0.1, -0.05) is 24.6 Å². The van der Waals surface area contributed by atoms with E-state index < -0.39 is 6.10 Å². The summed E-state index contributed by atoms with van der Waals surface area (Å²) < 4.78 is 5.80. The van der Waals surface area contributed by atoms with E-state index in [0.717, 1.165) is 11.3 Å². The van der Waals surface area contributed by atoms with Gasteiger partial charge in [0.15, 0.2) is 6.10 Å². The standard InChI is InChI=1S/C15H23NO2/c1-6-13(15(17)16-10(2)3)18-14-8-7-11(4)9-12(14)5/h7-10,13H,6H2,1-5H3,(H,16,17). The lowest BCUT2D eigenvalue weighted by molar-refractivity contribution is -0.128. The van der Waals surface area contributed by atoms with Crippen molar-refractivity contribution < 1.29 is 9.53 Å². The van der Waals surface area contributed by atoms with Gasteiger partial charge in [-0.05, 0) is 45.7 Å². The monoisotopic (exact) mass is 249 g/mol. The van der Waals surface area contributed by atoms with E-state index in [1.165, 1.54) is 5.56 Å². The van der Waals surface area contributed by atoms with E-state index in [2.05, 4.69) is 11.4 Å². The molecule has 0 bridgehead atoms. The number of carbonyl (C=O) groups excluding carboxylic acids is 1. The van der Waals surface area contributed by atoms with Crippen LogP contribution in [0.2, 0.25) is 0 Å². The predicted molar refractivity (Wildman–Crippen MR) is 73.9 cm³/mol. The number of hydrogen-bond donors (Lipinski definition) is 1. The van der Waals surface area contributed by atoms with Crippen molar-refractivity contribution >= 4 is 5.91 Å². The summed E-state index contributed by atoms with van der Waals surface area (Å²) in [6.45, 7) is 9.88. The van der Waals surface area contributed by atoms with E-state index in [1.54, 1.807) is 0 Å². The Hall–Kier alpha value is -1.51. The fourth-order valence-electron chi connectivity index (χ4n) is 1.78. The second-order valence-electron chi connectivity index (χ2n) is 4.95. The summed E-state index contributed by atoms with van der Waals surface area (Å²) in [4.78, 5) is 11.9. The molecule has 0 fully saturated rings. The zero-order valence-electron chi connectivity index (χ0n) is 11.9. The SMILES string of the molecule is CCC(Oc1ccc(C)cc1C)C(=O)NC(C)C. The van der Waals surface area contributed by atoms with Gasteiger partial charge in [0.25, 0.3) is 5.91 Å². The first-order valence-electron chi connectivity index (χ1n) is 6.48. The molecule has 0 aliphatic rings. The Morgan fingerprint density at radius 1 is 1.33 bits per heavy atom. The van der Waals surface area contributed by atoms with Gasteiger partial charge in [-0.3, -0.25) is 4.79 Å². The molecule has 1 aromatic rings. The number of rotatable bonds is 5. The average Bonchev–Trinajstić information content (AvgIpc) is 2.27. The summed E-state index contributed by atoms with van der Waals surface area (Å²) in [6, 6.07) is 6.11. The second kappa shape index (κ2) is 6.43. The number of carbonyl (C=O) groups is 1. The van der Waals surface area contributed by atoms with Crippen LogP contribution in [0.1, 0.15) is 38.3 Å². The minimum Gasteiger partial charge on any atom is -0.480 e. The molecule has 1 rings (SSSR count). The lowest BCUT2D eigenvalue weighted by atomic mass is 10.1. The average molecular weight is 249 g/mol. The summed E-state index contributed by atoms with van der Waals surface area (Å²) in [7, 11) is 0. The van der Waals surface area contributed by atoms with Gasteiger partial charge in [0, 0.05) is 6.04 Å². The van der Waals surface area contributed by atoms with Crippen molar-refractivity contribution in [2.45, 2.75) is 53.2 Å². The van der Waals surface area contributed by atoms with Crippen LogP contribution in [-0.2, 0) is 4.79 Å². The predicted octanol–water partition coefficient (Wildman–Crippen LogP) is 2.99. The number of hydrogen-bond acceptors (Lipinski definition) is 2. The number of ether oxygens (including phenoxy) is 1. The minimum atomic E-state index is -0.422. The smallest absolute Gasteiger partial charge is 0.261 e. The maximum Gasteiger partial charge on any atom is 0.261 e. The quantitative estimate of drug-likeness (QED) is 0.871. The van der Waals surface area contributed by atoms with Gasteiger partial charge in [-0.15, -0.1) is 0 Å². The molecular formula is C15H23NO2. The summed E-state index contributed by atoms with van der Waals surface area (Å²) >= 11 is 0. The van der Waals surface area contributed by atoms with Crippen molar-refractivity contribution in [2.24, 2.45) is 0 Å². The molecule has 0 saturated heterocycles. The molecule has 3 heteroatoms. The molecule has 1 unspecified atom stereocenters. The molecule has 1 amide bonds. The first-order valence-corrected chi connectivity index (χ1v) is 6.48. The van der Waals surface area contributed by atoms with Crippen LogP contribution in [0.4, 0.5) is 0 Å². The minimum absolute atomic E-state index is 0.0486. The third-order valence-corrected chi connectivity index (χ3v) is 2.69. The Bertz CT molecular complexity index is 413. The molecule has 3 nitrogen and oxygen atoms in total. The lowest BCUT2D eigenvalue weighted by Gasteiger charge is -2.20. The number of amides is 1. The van der Waals surface area contributed by atoms with Crippen LogP contribution < -0.4 is 10.1 Å². The largest absolute Gasteiger partial charge is 0.480 e. The van der Waals surface area contributed by atoms with Crippen LogP contribution in [0, 0.1) is 13.8 Å². The van der Waals surface area contributed by atoms with Crippen molar-refractivity contribution in [3.05, 3.63) is 29.3 Å².